The number of amides is 2. The Balaban J connectivity index is 1.42. The van der Waals surface area contributed by atoms with E-state index >= 15 is 0 Å². The van der Waals surface area contributed by atoms with Gasteiger partial charge in [-0.2, -0.15) is 5.10 Å². The van der Waals surface area contributed by atoms with E-state index in [4.69, 9.17) is 0 Å². The number of nitrogens with zero attached hydrogens (tertiary/aromatic N) is 3. The molecule has 3 aromatic rings. The minimum atomic E-state index is -0.0487. The van der Waals surface area contributed by atoms with Gasteiger partial charge in [-0.05, 0) is 42.3 Å². The van der Waals surface area contributed by atoms with Gasteiger partial charge in [-0.25, -0.2) is 0 Å². The number of benzene rings is 1. The molecule has 2 N–H and O–H groups in total. The molecule has 0 saturated carbocycles. The summed E-state index contributed by atoms with van der Waals surface area (Å²) < 4.78 is 2.14. The lowest BCUT2D eigenvalue weighted by molar-refractivity contribution is -0.119. The molecule has 1 saturated heterocycles. The van der Waals surface area contributed by atoms with Gasteiger partial charge >= 0.3 is 0 Å². The highest BCUT2D eigenvalue weighted by atomic mass is 16.2. The Hall–Kier alpha value is -3.09. The molecule has 7 heteroatoms. The summed E-state index contributed by atoms with van der Waals surface area (Å²) in [5, 5.41) is 11.3. The quantitative estimate of drug-likeness (QED) is 0.714. The monoisotopic (exact) mass is 379 g/mol. The molecule has 0 unspecified atom stereocenters. The third-order valence-electron chi connectivity index (χ3n) is 5.32. The summed E-state index contributed by atoms with van der Waals surface area (Å²) in [5.41, 5.74) is 2.50. The van der Waals surface area contributed by atoms with Crippen molar-refractivity contribution in [2.24, 2.45) is 5.92 Å². The van der Waals surface area contributed by atoms with Gasteiger partial charge in [0.1, 0.15) is 5.69 Å². The third-order valence-corrected chi connectivity index (χ3v) is 5.32. The molecule has 1 atom stereocenters. The molecule has 2 amide bonds. The number of H-pyrrole nitrogens is 1. The molecule has 146 valence electrons. The van der Waals surface area contributed by atoms with Crippen LogP contribution in [0.15, 0.2) is 42.6 Å². The molecule has 28 heavy (non-hydrogen) atoms. The van der Waals surface area contributed by atoms with E-state index in [1.165, 1.54) is 12.3 Å². The lowest BCUT2D eigenvalue weighted by Gasteiger charge is -2.32. The lowest BCUT2D eigenvalue weighted by Crippen LogP contribution is -2.43. The average Bonchev–Trinajstić information content (AvgIpc) is 3.34. The molecule has 0 spiro atoms. The van der Waals surface area contributed by atoms with Gasteiger partial charge in [0, 0.05) is 38.3 Å². The SMILES string of the molecule is CC(=O)NC[C@@H]1CCCN(C(=O)c2cc(Cn3ccc4ccccc43)[nH]n2)C1. The number of carbonyl (C=O) groups excluding carboxylic acids is 2. The Morgan fingerprint density at radius 2 is 2.14 bits per heavy atom. The zero-order valence-corrected chi connectivity index (χ0v) is 16.0. The van der Waals surface area contributed by atoms with Crippen molar-refractivity contribution in [2.75, 3.05) is 19.6 Å². The van der Waals surface area contributed by atoms with E-state index in [1.807, 2.05) is 29.3 Å². The summed E-state index contributed by atoms with van der Waals surface area (Å²) in [6.45, 7) is 4.17. The minimum absolute atomic E-state index is 0.0297. The Bertz CT molecular complexity index is 990. The molecule has 0 radical (unpaired) electrons. The fraction of sp³-hybridized carbons (Fsp3) is 0.381. The van der Waals surface area contributed by atoms with E-state index < -0.39 is 0 Å². The Morgan fingerprint density at radius 1 is 1.29 bits per heavy atom. The fourth-order valence-corrected chi connectivity index (χ4v) is 3.88. The molecule has 0 aliphatic carbocycles. The number of hydrogen-bond acceptors (Lipinski definition) is 3. The van der Waals surface area contributed by atoms with Gasteiger partial charge < -0.3 is 14.8 Å². The number of piperidine rings is 1. The van der Waals surface area contributed by atoms with Crippen LogP contribution < -0.4 is 5.32 Å². The molecule has 1 aromatic carbocycles. The van der Waals surface area contributed by atoms with Crippen LogP contribution in [0.25, 0.3) is 10.9 Å². The van der Waals surface area contributed by atoms with E-state index in [0.29, 0.717) is 31.2 Å². The Kier molecular flexibility index (Phi) is 5.14. The summed E-state index contributed by atoms with van der Waals surface area (Å²) in [6.07, 6.45) is 4.02. The van der Waals surface area contributed by atoms with Crippen LogP contribution in [0.2, 0.25) is 0 Å². The van der Waals surface area contributed by atoms with E-state index in [1.54, 1.807) is 0 Å². The normalized spacial score (nSPS) is 17.0. The van der Waals surface area contributed by atoms with E-state index in [2.05, 4.69) is 38.3 Å². The number of hydrogen-bond donors (Lipinski definition) is 2. The zero-order chi connectivity index (χ0) is 19.5. The van der Waals surface area contributed by atoms with Gasteiger partial charge in [0.15, 0.2) is 0 Å². The second-order valence-electron chi connectivity index (χ2n) is 7.48. The van der Waals surface area contributed by atoms with Crippen LogP contribution in [0.5, 0.6) is 0 Å². The smallest absolute Gasteiger partial charge is 0.274 e. The Morgan fingerprint density at radius 3 is 3.00 bits per heavy atom. The van der Waals surface area contributed by atoms with Crippen molar-refractivity contribution in [3.8, 4) is 0 Å². The van der Waals surface area contributed by atoms with Crippen molar-refractivity contribution in [1.29, 1.82) is 0 Å². The molecular weight excluding hydrogens is 354 g/mol. The largest absolute Gasteiger partial charge is 0.356 e. The highest BCUT2D eigenvalue weighted by Gasteiger charge is 2.26. The maximum atomic E-state index is 12.9. The first kappa shape index (κ1) is 18.3. The van der Waals surface area contributed by atoms with Crippen molar-refractivity contribution >= 4 is 22.7 Å². The molecular formula is C21H25N5O2. The molecule has 3 heterocycles. The maximum absolute atomic E-state index is 12.9. The first-order valence-electron chi connectivity index (χ1n) is 9.72. The second kappa shape index (κ2) is 7.88. The molecule has 1 aliphatic rings. The molecule has 0 bridgehead atoms. The van der Waals surface area contributed by atoms with Crippen molar-refractivity contribution in [3.63, 3.8) is 0 Å². The maximum Gasteiger partial charge on any atom is 0.274 e. The summed E-state index contributed by atoms with van der Waals surface area (Å²) >= 11 is 0. The predicted octanol–water partition coefficient (Wildman–Crippen LogP) is 2.40. The molecule has 1 aliphatic heterocycles. The summed E-state index contributed by atoms with van der Waals surface area (Å²) in [4.78, 5) is 25.8. The summed E-state index contributed by atoms with van der Waals surface area (Å²) in [5.74, 6) is 0.219. The topological polar surface area (TPSA) is 83.0 Å². The number of aromatic nitrogens is 3. The van der Waals surface area contributed by atoms with E-state index in [0.717, 1.165) is 30.6 Å². The minimum Gasteiger partial charge on any atom is -0.356 e. The number of nitrogens with one attached hydrogen (secondary N) is 2. The third kappa shape index (κ3) is 3.93. The molecule has 7 nitrogen and oxygen atoms in total. The van der Waals surface area contributed by atoms with Crippen molar-refractivity contribution in [1.82, 2.24) is 25.0 Å². The number of para-hydroxylation sites is 1. The van der Waals surface area contributed by atoms with Gasteiger partial charge in [0.05, 0.1) is 12.2 Å². The highest BCUT2D eigenvalue weighted by Crippen LogP contribution is 2.19. The molecule has 2 aromatic heterocycles. The number of rotatable bonds is 5. The van der Waals surface area contributed by atoms with Crippen LogP contribution in [-0.4, -0.2) is 51.1 Å². The lowest BCUT2D eigenvalue weighted by atomic mass is 9.97. The van der Waals surface area contributed by atoms with Gasteiger partial charge in [0.25, 0.3) is 5.91 Å². The highest BCUT2D eigenvalue weighted by molar-refractivity contribution is 5.92. The fourth-order valence-electron chi connectivity index (χ4n) is 3.88. The van der Waals surface area contributed by atoms with Gasteiger partial charge in [-0.1, -0.05) is 18.2 Å². The number of fused-ring (bicyclic) bond motifs is 1. The van der Waals surface area contributed by atoms with Gasteiger partial charge in [-0.3, -0.25) is 14.7 Å². The average molecular weight is 379 g/mol. The Labute approximate surface area is 163 Å². The van der Waals surface area contributed by atoms with Crippen LogP contribution in [0.4, 0.5) is 0 Å². The summed E-state index contributed by atoms with van der Waals surface area (Å²) in [7, 11) is 0. The van der Waals surface area contributed by atoms with Gasteiger partial charge in [0.2, 0.25) is 5.91 Å². The first-order chi connectivity index (χ1) is 13.6. The van der Waals surface area contributed by atoms with Crippen LogP contribution in [-0.2, 0) is 11.3 Å². The van der Waals surface area contributed by atoms with Crippen molar-refractivity contribution in [3.05, 3.63) is 54.0 Å². The van der Waals surface area contributed by atoms with Crippen molar-refractivity contribution < 1.29 is 9.59 Å². The molecule has 1 fully saturated rings. The van der Waals surface area contributed by atoms with Crippen LogP contribution >= 0.6 is 0 Å². The summed E-state index contributed by atoms with van der Waals surface area (Å²) in [6, 6.07) is 12.1. The predicted molar refractivity (Wildman–Crippen MR) is 107 cm³/mol. The number of likely N-dealkylation sites (tertiary alicyclic amines) is 1. The standard InChI is InChI=1S/C21H25N5O2/c1-15(27)22-12-16-5-4-9-26(13-16)21(28)19-11-18(23-24-19)14-25-10-8-17-6-2-3-7-20(17)25/h2-3,6-8,10-11,16H,4-5,9,12-14H2,1H3,(H,22,27)(H,23,24)/t16-/m0/s1. The van der Waals surface area contributed by atoms with Crippen molar-refractivity contribution in [2.45, 2.75) is 26.3 Å². The first-order valence-corrected chi connectivity index (χ1v) is 9.72. The van der Waals surface area contributed by atoms with Crippen LogP contribution in [0.1, 0.15) is 35.9 Å². The van der Waals surface area contributed by atoms with E-state index in [-0.39, 0.29) is 11.8 Å². The second-order valence-corrected chi connectivity index (χ2v) is 7.48. The molecule has 4 rings (SSSR count). The van der Waals surface area contributed by atoms with Gasteiger partial charge in [-0.15, -0.1) is 0 Å². The number of aromatic amines is 1. The van der Waals surface area contributed by atoms with E-state index in [9.17, 15) is 9.59 Å². The number of carbonyl (C=O) groups is 2. The van der Waals surface area contributed by atoms with Crippen LogP contribution in [0.3, 0.4) is 0 Å². The van der Waals surface area contributed by atoms with Crippen LogP contribution in [0, 0.1) is 5.92 Å². The zero-order valence-electron chi connectivity index (χ0n) is 16.0.